The molecule has 0 saturated heterocycles. The molecule has 1 atom stereocenters. The first kappa shape index (κ1) is 15.8. The van der Waals surface area contributed by atoms with E-state index in [0.717, 1.165) is 12.8 Å². The summed E-state index contributed by atoms with van der Waals surface area (Å²) in [5, 5.41) is 14.3. The van der Waals surface area contributed by atoms with Crippen molar-refractivity contribution in [2.45, 2.75) is 32.2 Å². The topological polar surface area (TPSA) is 105 Å². The molecule has 3 N–H and O–H groups in total. The number of carbonyl (C=O) groups is 3. The Morgan fingerprint density at radius 3 is 2.91 bits per heavy atom. The van der Waals surface area contributed by atoms with E-state index in [1.54, 1.807) is 6.07 Å². The van der Waals surface area contributed by atoms with Gasteiger partial charge < -0.3 is 20.5 Å². The molecule has 22 heavy (non-hydrogen) atoms. The third-order valence-electron chi connectivity index (χ3n) is 3.33. The number of fused-ring (bicyclic) bond motifs is 1. The molecule has 7 nitrogen and oxygen atoms in total. The number of carbonyl (C=O) groups excluding carboxylic acids is 2. The molecule has 1 aromatic carbocycles. The number of ether oxygens (including phenoxy) is 1. The molecule has 0 fully saturated rings. The molecule has 0 radical (unpaired) electrons. The summed E-state index contributed by atoms with van der Waals surface area (Å²) in [5.41, 5.74) is 0.784. The summed E-state index contributed by atoms with van der Waals surface area (Å²) in [7, 11) is 0. The van der Waals surface area contributed by atoms with Gasteiger partial charge in [0, 0.05) is 5.56 Å². The number of unbranched alkanes of at least 4 members (excludes halogenated alkanes) is 1. The second-order valence-corrected chi connectivity index (χ2v) is 5.05. The number of anilines is 1. The number of benzene rings is 1. The molecule has 118 valence electrons. The van der Waals surface area contributed by atoms with Gasteiger partial charge in [-0.1, -0.05) is 19.8 Å². The maximum Gasteiger partial charge on any atom is 0.326 e. The van der Waals surface area contributed by atoms with Crippen LogP contribution in [0.15, 0.2) is 18.2 Å². The Kier molecular flexibility index (Phi) is 4.98. The van der Waals surface area contributed by atoms with Gasteiger partial charge >= 0.3 is 5.97 Å². The Hall–Kier alpha value is -2.57. The van der Waals surface area contributed by atoms with Crippen LogP contribution >= 0.6 is 0 Å². The van der Waals surface area contributed by atoms with Gasteiger partial charge in [0.05, 0.1) is 5.69 Å². The Bertz CT molecular complexity index is 600. The van der Waals surface area contributed by atoms with E-state index in [1.165, 1.54) is 12.1 Å². The van der Waals surface area contributed by atoms with Gasteiger partial charge in [0.1, 0.15) is 11.8 Å². The highest BCUT2D eigenvalue weighted by Gasteiger charge is 2.22. The minimum atomic E-state index is -1.05. The molecule has 1 aromatic rings. The molecule has 1 heterocycles. The highest BCUT2D eigenvalue weighted by atomic mass is 16.5. The first-order valence-corrected chi connectivity index (χ1v) is 7.11. The van der Waals surface area contributed by atoms with E-state index in [4.69, 9.17) is 9.84 Å². The van der Waals surface area contributed by atoms with Crippen LogP contribution in [0, 0.1) is 0 Å². The van der Waals surface area contributed by atoms with E-state index in [1.807, 2.05) is 6.92 Å². The number of carboxylic acid groups (broad SMARTS) is 1. The van der Waals surface area contributed by atoms with Crippen LogP contribution in [-0.4, -0.2) is 35.5 Å². The van der Waals surface area contributed by atoms with Crippen LogP contribution in [0.3, 0.4) is 0 Å². The van der Waals surface area contributed by atoms with Gasteiger partial charge in [0.2, 0.25) is 0 Å². The van der Waals surface area contributed by atoms with Crippen LogP contribution in [0.2, 0.25) is 0 Å². The van der Waals surface area contributed by atoms with Crippen LogP contribution in [0.5, 0.6) is 5.75 Å². The average Bonchev–Trinajstić information content (AvgIpc) is 2.50. The second-order valence-electron chi connectivity index (χ2n) is 5.05. The molecule has 0 saturated carbocycles. The predicted molar refractivity (Wildman–Crippen MR) is 79.0 cm³/mol. The highest BCUT2D eigenvalue weighted by Crippen LogP contribution is 2.28. The van der Waals surface area contributed by atoms with E-state index in [9.17, 15) is 14.4 Å². The van der Waals surface area contributed by atoms with Gasteiger partial charge in [0.15, 0.2) is 6.61 Å². The molecular formula is C15H18N2O5. The van der Waals surface area contributed by atoms with Crippen molar-refractivity contribution in [1.29, 1.82) is 0 Å². The van der Waals surface area contributed by atoms with Gasteiger partial charge in [-0.3, -0.25) is 9.59 Å². The van der Waals surface area contributed by atoms with Crippen molar-refractivity contribution >= 4 is 23.5 Å². The molecule has 1 aliphatic heterocycles. The van der Waals surface area contributed by atoms with Gasteiger partial charge in [0.25, 0.3) is 11.8 Å². The smallest absolute Gasteiger partial charge is 0.326 e. The zero-order valence-electron chi connectivity index (χ0n) is 12.2. The van der Waals surface area contributed by atoms with Crippen molar-refractivity contribution in [3.8, 4) is 5.75 Å². The average molecular weight is 306 g/mol. The molecule has 0 spiro atoms. The Morgan fingerprint density at radius 2 is 2.23 bits per heavy atom. The number of carboxylic acids is 1. The van der Waals surface area contributed by atoms with Crippen LogP contribution < -0.4 is 15.4 Å². The van der Waals surface area contributed by atoms with Crippen molar-refractivity contribution in [1.82, 2.24) is 5.32 Å². The fraction of sp³-hybridized carbons (Fsp3) is 0.400. The standard InChI is InChI=1S/C15H18N2O5/c1-2-3-4-11(15(20)21)17-14(19)9-5-6-10-12(7-9)22-8-13(18)16-10/h5-7,11H,2-4,8H2,1H3,(H,16,18)(H,17,19)(H,20,21)/t11-/m0/s1. The molecule has 7 heteroatoms. The third-order valence-corrected chi connectivity index (χ3v) is 3.33. The maximum atomic E-state index is 12.2. The lowest BCUT2D eigenvalue weighted by Gasteiger charge is -2.19. The van der Waals surface area contributed by atoms with Crippen molar-refractivity contribution < 1.29 is 24.2 Å². The lowest BCUT2D eigenvalue weighted by atomic mass is 10.1. The fourth-order valence-corrected chi connectivity index (χ4v) is 2.12. The molecule has 1 aliphatic rings. The third kappa shape index (κ3) is 3.75. The number of nitrogens with one attached hydrogen (secondary N) is 2. The van der Waals surface area contributed by atoms with Gasteiger partial charge in [-0.25, -0.2) is 4.79 Å². The van der Waals surface area contributed by atoms with Crippen molar-refractivity contribution in [3.63, 3.8) is 0 Å². The van der Waals surface area contributed by atoms with Crippen LogP contribution in [-0.2, 0) is 9.59 Å². The highest BCUT2D eigenvalue weighted by molar-refractivity contribution is 6.00. The summed E-state index contributed by atoms with van der Waals surface area (Å²) < 4.78 is 5.24. The van der Waals surface area contributed by atoms with Crippen LogP contribution in [0.25, 0.3) is 0 Å². The molecule has 2 amide bonds. The molecule has 0 unspecified atom stereocenters. The number of hydrogen-bond acceptors (Lipinski definition) is 4. The van der Waals surface area contributed by atoms with Gasteiger partial charge in [-0.15, -0.1) is 0 Å². The molecule has 2 rings (SSSR count). The minimum Gasteiger partial charge on any atom is -0.482 e. The summed E-state index contributed by atoms with van der Waals surface area (Å²) in [6.45, 7) is 1.85. The summed E-state index contributed by atoms with van der Waals surface area (Å²) in [6, 6.07) is 3.65. The lowest BCUT2D eigenvalue weighted by molar-refractivity contribution is -0.139. The Labute approximate surface area is 127 Å². The van der Waals surface area contributed by atoms with Crippen molar-refractivity contribution in [2.75, 3.05) is 11.9 Å². The molecule has 0 aliphatic carbocycles. The predicted octanol–water partition coefficient (Wildman–Crippen LogP) is 1.39. The Morgan fingerprint density at radius 1 is 1.45 bits per heavy atom. The van der Waals surface area contributed by atoms with E-state index in [2.05, 4.69) is 10.6 Å². The van der Waals surface area contributed by atoms with Gasteiger partial charge in [-0.2, -0.15) is 0 Å². The fourth-order valence-electron chi connectivity index (χ4n) is 2.12. The van der Waals surface area contributed by atoms with Crippen LogP contribution in [0.4, 0.5) is 5.69 Å². The second kappa shape index (κ2) is 6.93. The summed E-state index contributed by atoms with van der Waals surface area (Å²) >= 11 is 0. The SMILES string of the molecule is CCCC[C@H](NC(=O)c1ccc2c(c1)OCC(=O)N2)C(=O)O. The number of rotatable bonds is 6. The summed E-state index contributed by atoms with van der Waals surface area (Å²) in [6.07, 6.45) is 1.96. The lowest BCUT2D eigenvalue weighted by Crippen LogP contribution is -2.40. The molecule has 0 aromatic heterocycles. The number of aliphatic carboxylic acids is 1. The minimum absolute atomic E-state index is 0.105. The van der Waals surface area contributed by atoms with E-state index in [-0.39, 0.29) is 18.1 Å². The van der Waals surface area contributed by atoms with Crippen molar-refractivity contribution in [2.24, 2.45) is 0 Å². The first-order valence-electron chi connectivity index (χ1n) is 7.11. The zero-order chi connectivity index (χ0) is 16.1. The van der Waals surface area contributed by atoms with Crippen molar-refractivity contribution in [3.05, 3.63) is 23.8 Å². The summed E-state index contributed by atoms with van der Waals surface area (Å²) in [4.78, 5) is 34.5. The normalized spacial score (nSPS) is 14.3. The van der Waals surface area contributed by atoms with Crippen LogP contribution in [0.1, 0.15) is 36.5 Å². The number of amides is 2. The quantitative estimate of drug-likeness (QED) is 0.736. The summed E-state index contributed by atoms with van der Waals surface area (Å²) in [5.74, 6) is -1.39. The monoisotopic (exact) mass is 306 g/mol. The van der Waals surface area contributed by atoms with E-state index in [0.29, 0.717) is 17.9 Å². The first-order chi connectivity index (χ1) is 10.5. The Balaban J connectivity index is 2.09. The maximum absolute atomic E-state index is 12.2. The molecular weight excluding hydrogens is 288 g/mol. The van der Waals surface area contributed by atoms with E-state index >= 15 is 0 Å². The number of hydrogen-bond donors (Lipinski definition) is 3. The van der Waals surface area contributed by atoms with E-state index < -0.39 is 17.9 Å². The zero-order valence-corrected chi connectivity index (χ0v) is 12.2. The van der Waals surface area contributed by atoms with Gasteiger partial charge in [-0.05, 0) is 24.6 Å². The molecule has 0 bridgehead atoms. The largest absolute Gasteiger partial charge is 0.482 e.